The number of imidazole rings is 1. The van der Waals surface area contributed by atoms with Crippen LogP contribution in [0.15, 0.2) is 42.5 Å². The van der Waals surface area contributed by atoms with Gasteiger partial charge in [0.1, 0.15) is 17.4 Å². The minimum Gasteiger partial charge on any atom is -0.508 e. The zero-order valence-electron chi connectivity index (χ0n) is 11.3. The van der Waals surface area contributed by atoms with Gasteiger partial charge in [-0.3, -0.25) is 0 Å². The largest absolute Gasteiger partial charge is 0.508 e. The first-order valence-electron chi connectivity index (χ1n) is 6.54. The van der Waals surface area contributed by atoms with Gasteiger partial charge < -0.3 is 9.67 Å². The van der Waals surface area contributed by atoms with Crippen molar-refractivity contribution in [1.82, 2.24) is 9.55 Å². The lowest BCUT2D eigenvalue weighted by Gasteiger charge is -2.13. The van der Waals surface area contributed by atoms with Crippen molar-refractivity contribution >= 4 is 11.0 Å². The first-order valence-corrected chi connectivity index (χ1v) is 6.54. The van der Waals surface area contributed by atoms with Crippen molar-refractivity contribution in [2.45, 2.75) is 19.9 Å². The summed E-state index contributed by atoms with van der Waals surface area (Å²) in [6.07, 6.45) is 0. The van der Waals surface area contributed by atoms with Crippen LogP contribution in [0.4, 0.5) is 4.39 Å². The van der Waals surface area contributed by atoms with E-state index in [0.29, 0.717) is 11.4 Å². The Labute approximate surface area is 116 Å². The fourth-order valence-electron chi connectivity index (χ4n) is 2.44. The van der Waals surface area contributed by atoms with Gasteiger partial charge in [-0.05, 0) is 38.1 Å². The van der Waals surface area contributed by atoms with E-state index in [2.05, 4.69) is 4.98 Å². The van der Waals surface area contributed by atoms with Gasteiger partial charge in [-0.1, -0.05) is 12.1 Å². The van der Waals surface area contributed by atoms with Gasteiger partial charge in [0, 0.05) is 12.1 Å². The number of hydrogen-bond acceptors (Lipinski definition) is 2. The molecule has 0 bridgehead atoms. The van der Waals surface area contributed by atoms with Crippen LogP contribution in [0.3, 0.4) is 0 Å². The summed E-state index contributed by atoms with van der Waals surface area (Å²) in [6, 6.07) is 12.1. The molecule has 3 nitrogen and oxygen atoms in total. The van der Waals surface area contributed by atoms with Gasteiger partial charge in [0.2, 0.25) is 0 Å². The van der Waals surface area contributed by atoms with Crippen LogP contribution in [-0.2, 0) is 0 Å². The van der Waals surface area contributed by atoms with Crippen LogP contribution in [0.5, 0.6) is 5.75 Å². The van der Waals surface area contributed by atoms with Crippen molar-refractivity contribution in [2.75, 3.05) is 0 Å². The number of para-hydroxylation sites is 2. The lowest BCUT2D eigenvalue weighted by molar-refractivity contribution is 0.469. The van der Waals surface area contributed by atoms with Crippen LogP contribution in [0.2, 0.25) is 0 Å². The van der Waals surface area contributed by atoms with Crippen molar-refractivity contribution in [2.24, 2.45) is 0 Å². The molecule has 20 heavy (non-hydrogen) atoms. The Morgan fingerprint density at radius 2 is 1.90 bits per heavy atom. The van der Waals surface area contributed by atoms with Gasteiger partial charge in [-0.15, -0.1) is 0 Å². The maximum Gasteiger partial charge on any atom is 0.144 e. The van der Waals surface area contributed by atoms with Crippen LogP contribution in [0.25, 0.3) is 22.4 Å². The number of hydrogen-bond donors (Lipinski definition) is 1. The number of phenolic OH excluding ortho intramolecular Hbond substituents is 1. The van der Waals surface area contributed by atoms with E-state index in [-0.39, 0.29) is 11.8 Å². The summed E-state index contributed by atoms with van der Waals surface area (Å²) in [5.41, 5.74) is 2.21. The number of benzene rings is 2. The lowest BCUT2D eigenvalue weighted by Crippen LogP contribution is -2.04. The Kier molecular flexibility index (Phi) is 2.93. The SMILES string of the molecule is CC(C)n1c(-c2ccc(O)cc2F)nc2ccccc21. The predicted octanol–water partition coefficient (Wildman–Crippen LogP) is 4.13. The molecule has 0 aliphatic rings. The molecule has 0 fully saturated rings. The summed E-state index contributed by atoms with van der Waals surface area (Å²) in [5.74, 6) is 0.0272. The summed E-state index contributed by atoms with van der Waals surface area (Å²) in [6.45, 7) is 4.08. The second-order valence-corrected chi connectivity index (χ2v) is 5.05. The van der Waals surface area contributed by atoms with Crippen molar-refractivity contribution in [3.05, 3.63) is 48.3 Å². The number of fused-ring (bicyclic) bond motifs is 1. The Hall–Kier alpha value is -2.36. The van der Waals surface area contributed by atoms with Crippen molar-refractivity contribution < 1.29 is 9.50 Å². The monoisotopic (exact) mass is 270 g/mol. The molecule has 0 saturated carbocycles. The van der Waals surface area contributed by atoms with Crippen molar-refractivity contribution in [3.8, 4) is 17.1 Å². The number of rotatable bonds is 2. The Bertz CT molecular complexity index is 777. The molecular formula is C16H15FN2O. The summed E-state index contributed by atoms with van der Waals surface area (Å²) in [7, 11) is 0. The molecule has 1 heterocycles. The molecule has 3 aromatic rings. The smallest absolute Gasteiger partial charge is 0.144 e. The van der Waals surface area contributed by atoms with Gasteiger partial charge in [0.05, 0.1) is 16.6 Å². The number of halogens is 1. The molecule has 0 aliphatic heterocycles. The second-order valence-electron chi connectivity index (χ2n) is 5.05. The lowest BCUT2D eigenvalue weighted by atomic mass is 10.2. The molecule has 4 heteroatoms. The Morgan fingerprint density at radius 3 is 2.60 bits per heavy atom. The molecule has 0 amide bonds. The number of aromatic nitrogens is 2. The molecule has 0 aliphatic carbocycles. The van der Waals surface area contributed by atoms with E-state index < -0.39 is 5.82 Å². The van der Waals surface area contributed by atoms with Crippen LogP contribution in [-0.4, -0.2) is 14.7 Å². The van der Waals surface area contributed by atoms with E-state index in [0.717, 1.165) is 17.1 Å². The minimum absolute atomic E-state index is 0.0848. The molecular weight excluding hydrogens is 255 g/mol. The summed E-state index contributed by atoms with van der Waals surface area (Å²) < 4.78 is 16.1. The average Bonchev–Trinajstić information content (AvgIpc) is 2.77. The van der Waals surface area contributed by atoms with Crippen molar-refractivity contribution in [3.63, 3.8) is 0 Å². The quantitative estimate of drug-likeness (QED) is 0.760. The van der Waals surface area contributed by atoms with Gasteiger partial charge in [0.25, 0.3) is 0 Å². The highest BCUT2D eigenvalue weighted by Gasteiger charge is 2.17. The molecule has 0 radical (unpaired) electrons. The zero-order valence-corrected chi connectivity index (χ0v) is 11.3. The van der Waals surface area contributed by atoms with Crippen molar-refractivity contribution in [1.29, 1.82) is 0 Å². The van der Waals surface area contributed by atoms with E-state index in [9.17, 15) is 9.50 Å². The molecule has 102 valence electrons. The molecule has 1 N–H and O–H groups in total. The third-order valence-corrected chi connectivity index (χ3v) is 3.31. The topological polar surface area (TPSA) is 38.0 Å². The molecule has 0 unspecified atom stereocenters. The van der Waals surface area contributed by atoms with Crippen LogP contribution >= 0.6 is 0 Å². The molecule has 1 aromatic heterocycles. The first kappa shape index (κ1) is 12.7. The number of phenols is 1. The fourth-order valence-corrected chi connectivity index (χ4v) is 2.44. The number of nitrogens with zero attached hydrogens (tertiary/aromatic N) is 2. The fraction of sp³-hybridized carbons (Fsp3) is 0.188. The van der Waals surface area contributed by atoms with E-state index in [1.807, 2.05) is 42.7 Å². The highest BCUT2D eigenvalue weighted by atomic mass is 19.1. The molecule has 0 saturated heterocycles. The van der Waals surface area contributed by atoms with E-state index in [4.69, 9.17) is 0 Å². The van der Waals surface area contributed by atoms with Crippen LogP contribution in [0.1, 0.15) is 19.9 Å². The normalized spacial score (nSPS) is 11.4. The van der Waals surface area contributed by atoms with Crippen LogP contribution in [0, 0.1) is 5.82 Å². The second kappa shape index (κ2) is 4.63. The predicted molar refractivity (Wildman–Crippen MR) is 77.2 cm³/mol. The molecule has 0 spiro atoms. The third-order valence-electron chi connectivity index (χ3n) is 3.31. The summed E-state index contributed by atoms with van der Waals surface area (Å²) in [5, 5.41) is 9.34. The minimum atomic E-state index is -0.470. The summed E-state index contributed by atoms with van der Waals surface area (Å²) in [4.78, 5) is 4.54. The first-order chi connectivity index (χ1) is 9.58. The maximum atomic E-state index is 14.1. The molecule has 0 atom stereocenters. The van der Waals surface area contributed by atoms with E-state index >= 15 is 0 Å². The molecule has 2 aromatic carbocycles. The highest BCUT2D eigenvalue weighted by Crippen LogP contribution is 2.31. The highest BCUT2D eigenvalue weighted by molar-refractivity contribution is 5.81. The van der Waals surface area contributed by atoms with E-state index in [1.54, 1.807) is 6.07 Å². The van der Waals surface area contributed by atoms with Crippen LogP contribution < -0.4 is 0 Å². The Morgan fingerprint density at radius 1 is 1.15 bits per heavy atom. The molecule has 3 rings (SSSR count). The standard InChI is InChI=1S/C16H15FN2O/c1-10(2)19-15-6-4-3-5-14(15)18-16(19)12-8-7-11(20)9-13(12)17/h3-10,20H,1-2H3. The third kappa shape index (κ3) is 1.93. The maximum absolute atomic E-state index is 14.1. The van der Waals surface area contributed by atoms with Gasteiger partial charge in [-0.25, -0.2) is 9.37 Å². The Balaban J connectivity index is 2.32. The average molecular weight is 270 g/mol. The number of aromatic hydroxyl groups is 1. The summed E-state index contributed by atoms with van der Waals surface area (Å²) >= 11 is 0. The van der Waals surface area contributed by atoms with Gasteiger partial charge in [-0.2, -0.15) is 0 Å². The zero-order chi connectivity index (χ0) is 14.3. The van der Waals surface area contributed by atoms with Gasteiger partial charge >= 0.3 is 0 Å². The van der Waals surface area contributed by atoms with Gasteiger partial charge in [0.15, 0.2) is 0 Å². The van der Waals surface area contributed by atoms with E-state index in [1.165, 1.54) is 6.07 Å².